The monoisotopic (exact) mass is 202 g/mol. The number of hydrogen-bond donors (Lipinski definition) is 1. The SMILES string of the molecule is CC1CN(c2cc(C#N)ccn2)CCN1. The molecule has 1 aliphatic rings. The van der Waals surface area contributed by atoms with Gasteiger partial charge in [0, 0.05) is 31.9 Å². The van der Waals surface area contributed by atoms with Crippen LogP contribution in [0.5, 0.6) is 0 Å². The van der Waals surface area contributed by atoms with Gasteiger partial charge in [0.05, 0.1) is 11.6 Å². The zero-order valence-electron chi connectivity index (χ0n) is 8.77. The fraction of sp³-hybridized carbons (Fsp3) is 0.455. The third-order valence-corrected chi connectivity index (χ3v) is 2.57. The molecule has 0 bridgehead atoms. The van der Waals surface area contributed by atoms with Gasteiger partial charge < -0.3 is 10.2 Å². The summed E-state index contributed by atoms with van der Waals surface area (Å²) in [6.07, 6.45) is 1.70. The quantitative estimate of drug-likeness (QED) is 0.730. The summed E-state index contributed by atoms with van der Waals surface area (Å²) in [6.45, 7) is 5.02. The van der Waals surface area contributed by atoms with E-state index in [9.17, 15) is 0 Å². The van der Waals surface area contributed by atoms with E-state index in [1.54, 1.807) is 12.3 Å². The molecule has 0 amide bonds. The zero-order valence-corrected chi connectivity index (χ0v) is 8.77. The number of aromatic nitrogens is 1. The molecule has 4 nitrogen and oxygen atoms in total. The summed E-state index contributed by atoms with van der Waals surface area (Å²) in [6, 6.07) is 6.19. The van der Waals surface area contributed by atoms with Gasteiger partial charge in [0.25, 0.3) is 0 Å². The molecule has 1 aromatic heterocycles. The molecule has 1 fully saturated rings. The van der Waals surface area contributed by atoms with E-state index in [1.807, 2.05) is 6.07 Å². The summed E-state index contributed by atoms with van der Waals surface area (Å²) < 4.78 is 0. The Morgan fingerprint density at radius 1 is 1.67 bits per heavy atom. The highest BCUT2D eigenvalue weighted by Gasteiger charge is 2.16. The van der Waals surface area contributed by atoms with E-state index in [1.165, 1.54) is 0 Å². The summed E-state index contributed by atoms with van der Waals surface area (Å²) in [4.78, 5) is 6.50. The number of piperazine rings is 1. The van der Waals surface area contributed by atoms with Gasteiger partial charge in [-0.25, -0.2) is 4.98 Å². The molecule has 1 aromatic rings. The fourth-order valence-electron chi connectivity index (χ4n) is 1.80. The van der Waals surface area contributed by atoms with Gasteiger partial charge >= 0.3 is 0 Å². The first-order valence-electron chi connectivity index (χ1n) is 5.14. The summed E-state index contributed by atoms with van der Waals surface area (Å²) in [5.41, 5.74) is 0.672. The van der Waals surface area contributed by atoms with Crippen molar-refractivity contribution in [2.75, 3.05) is 24.5 Å². The van der Waals surface area contributed by atoms with Crippen molar-refractivity contribution >= 4 is 5.82 Å². The van der Waals surface area contributed by atoms with E-state index in [0.29, 0.717) is 11.6 Å². The molecule has 1 aliphatic heterocycles. The highest BCUT2D eigenvalue weighted by molar-refractivity contribution is 5.45. The van der Waals surface area contributed by atoms with Gasteiger partial charge in [-0.15, -0.1) is 0 Å². The lowest BCUT2D eigenvalue weighted by Crippen LogP contribution is -2.49. The fourth-order valence-corrected chi connectivity index (χ4v) is 1.80. The number of rotatable bonds is 1. The number of nitriles is 1. The number of hydrogen-bond acceptors (Lipinski definition) is 4. The molecule has 0 radical (unpaired) electrons. The van der Waals surface area contributed by atoms with Crippen molar-refractivity contribution in [2.45, 2.75) is 13.0 Å². The largest absolute Gasteiger partial charge is 0.354 e. The smallest absolute Gasteiger partial charge is 0.129 e. The normalized spacial score (nSPS) is 21.1. The molecule has 4 heteroatoms. The minimum absolute atomic E-state index is 0.478. The second kappa shape index (κ2) is 4.28. The van der Waals surface area contributed by atoms with Crippen LogP contribution in [0, 0.1) is 11.3 Å². The summed E-state index contributed by atoms with van der Waals surface area (Å²) >= 11 is 0. The molecule has 1 saturated heterocycles. The maximum absolute atomic E-state index is 8.80. The minimum atomic E-state index is 0.478. The Kier molecular flexibility index (Phi) is 2.84. The molecule has 0 aromatic carbocycles. The van der Waals surface area contributed by atoms with Crippen LogP contribution in [0.4, 0.5) is 5.82 Å². The maximum atomic E-state index is 8.80. The van der Waals surface area contributed by atoms with Gasteiger partial charge in [0.2, 0.25) is 0 Å². The summed E-state index contributed by atoms with van der Waals surface area (Å²) in [5, 5.41) is 12.2. The van der Waals surface area contributed by atoms with Crippen LogP contribution in [0.1, 0.15) is 12.5 Å². The molecule has 1 atom stereocenters. The third-order valence-electron chi connectivity index (χ3n) is 2.57. The predicted octanol–water partition coefficient (Wildman–Crippen LogP) is 0.751. The molecule has 2 rings (SSSR count). The molecule has 0 saturated carbocycles. The highest BCUT2D eigenvalue weighted by atomic mass is 15.2. The second-order valence-electron chi connectivity index (χ2n) is 3.82. The number of nitrogens with one attached hydrogen (secondary N) is 1. The van der Waals surface area contributed by atoms with Crippen LogP contribution < -0.4 is 10.2 Å². The van der Waals surface area contributed by atoms with Crippen molar-refractivity contribution in [1.82, 2.24) is 10.3 Å². The van der Waals surface area contributed by atoms with E-state index in [-0.39, 0.29) is 0 Å². The first-order valence-corrected chi connectivity index (χ1v) is 5.14. The van der Waals surface area contributed by atoms with Gasteiger partial charge in [-0.1, -0.05) is 0 Å². The Morgan fingerprint density at radius 2 is 2.53 bits per heavy atom. The molecule has 1 unspecified atom stereocenters. The first kappa shape index (κ1) is 9.94. The van der Waals surface area contributed by atoms with Crippen molar-refractivity contribution in [3.63, 3.8) is 0 Å². The number of pyridine rings is 1. The van der Waals surface area contributed by atoms with E-state index in [2.05, 4.69) is 28.2 Å². The molecule has 1 N–H and O–H groups in total. The topological polar surface area (TPSA) is 52.0 Å². The lowest BCUT2D eigenvalue weighted by atomic mass is 10.2. The molecule has 0 aliphatic carbocycles. The van der Waals surface area contributed by atoms with Crippen LogP contribution in [0.15, 0.2) is 18.3 Å². The lowest BCUT2D eigenvalue weighted by molar-refractivity contribution is 0.482. The molecular formula is C11H14N4. The minimum Gasteiger partial charge on any atom is -0.354 e. The van der Waals surface area contributed by atoms with Crippen LogP contribution in [-0.4, -0.2) is 30.7 Å². The van der Waals surface area contributed by atoms with Gasteiger partial charge in [0.15, 0.2) is 0 Å². The van der Waals surface area contributed by atoms with Crippen LogP contribution >= 0.6 is 0 Å². The molecule has 0 spiro atoms. The third kappa shape index (κ3) is 2.25. The molecule has 78 valence electrons. The van der Waals surface area contributed by atoms with Crippen molar-refractivity contribution in [1.29, 1.82) is 5.26 Å². The predicted molar refractivity (Wildman–Crippen MR) is 58.6 cm³/mol. The number of anilines is 1. The van der Waals surface area contributed by atoms with E-state index < -0.39 is 0 Å². The zero-order chi connectivity index (χ0) is 10.7. The summed E-state index contributed by atoms with van der Waals surface area (Å²) in [7, 11) is 0. The van der Waals surface area contributed by atoms with Crippen LogP contribution in [0.25, 0.3) is 0 Å². The van der Waals surface area contributed by atoms with Gasteiger partial charge in [-0.3, -0.25) is 0 Å². The average molecular weight is 202 g/mol. The Balaban J connectivity index is 2.18. The maximum Gasteiger partial charge on any atom is 0.129 e. The van der Waals surface area contributed by atoms with E-state index in [0.717, 1.165) is 25.5 Å². The van der Waals surface area contributed by atoms with Gasteiger partial charge in [0.1, 0.15) is 5.82 Å². The van der Waals surface area contributed by atoms with Crippen molar-refractivity contribution < 1.29 is 0 Å². The second-order valence-corrected chi connectivity index (χ2v) is 3.82. The molecule has 2 heterocycles. The van der Waals surface area contributed by atoms with Gasteiger partial charge in [-0.2, -0.15) is 5.26 Å². The highest BCUT2D eigenvalue weighted by Crippen LogP contribution is 2.13. The first-order chi connectivity index (χ1) is 7.29. The van der Waals surface area contributed by atoms with Crippen LogP contribution in [0.3, 0.4) is 0 Å². The Morgan fingerprint density at radius 3 is 3.27 bits per heavy atom. The molecule has 15 heavy (non-hydrogen) atoms. The van der Waals surface area contributed by atoms with Gasteiger partial charge in [-0.05, 0) is 19.1 Å². The van der Waals surface area contributed by atoms with Crippen LogP contribution in [0.2, 0.25) is 0 Å². The standard InChI is InChI=1S/C11H14N4/c1-9-8-15(5-4-13-9)11-6-10(7-12)2-3-14-11/h2-3,6,9,13H,4-5,8H2,1H3. The van der Waals surface area contributed by atoms with Crippen LogP contribution in [-0.2, 0) is 0 Å². The Labute approximate surface area is 89.5 Å². The van der Waals surface area contributed by atoms with E-state index in [4.69, 9.17) is 5.26 Å². The number of nitrogens with zero attached hydrogens (tertiary/aromatic N) is 3. The lowest BCUT2D eigenvalue weighted by Gasteiger charge is -2.32. The summed E-state index contributed by atoms with van der Waals surface area (Å²) in [5.74, 6) is 0.905. The van der Waals surface area contributed by atoms with Crippen molar-refractivity contribution in [2.24, 2.45) is 0 Å². The van der Waals surface area contributed by atoms with E-state index >= 15 is 0 Å². The Hall–Kier alpha value is -1.60. The molecular weight excluding hydrogens is 188 g/mol. The van der Waals surface area contributed by atoms with Crippen molar-refractivity contribution in [3.05, 3.63) is 23.9 Å². The average Bonchev–Trinajstić information content (AvgIpc) is 2.29. The Bertz CT molecular complexity index is 382. The van der Waals surface area contributed by atoms with Crippen molar-refractivity contribution in [3.8, 4) is 6.07 Å².